The maximum atomic E-state index is 12.6. The molecule has 1 saturated heterocycles. The van der Waals surface area contributed by atoms with Crippen LogP contribution in [0, 0.1) is 6.92 Å². The molecule has 29 heavy (non-hydrogen) atoms. The lowest BCUT2D eigenvalue weighted by Gasteiger charge is -2.32. The molecular weight excluding hydrogens is 368 g/mol. The highest BCUT2D eigenvalue weighted by atomic mass is 16.5. The molecule has 6 heteroatoms. The van der Waals surface area contributed by atoms with Crippen LogP contribution in [-0.4, -0.2) is 41.2 Å². The number of rotatable bonds is 7. The topological polar surface area (TPSA) is 60.8 Å². The lowest BCUT2D eigenvalue weighted by molar-refractivity contribution is -0.132. The van der Waals surface area contributed by atoms with E-state index in [0.29, 0.717) is 38.3 Å². The highest BCUT2D eigenvalue weighted by Gasteiger charge is 2.24. The quantitative estimate of drug-likeness (QED) is 0.719. The lowest BCUT2D eigenvalue weighted by Crippen LogP contribution is -2.42. The zero-order chi connectivity index (χ0) is 20.8. The molecule has 0 N–H and O–H groups in total. The second-order valence-electron chi connectivity index (χ2n) is 7.47. The minimum Gasteiger partial charge on any atom is -0.494 e. The summed E-state index contributed by atoms with van der Waals surface area (Å²) in [4.78, 5) is 26.5. The molecule has 0 aliphatic carbocycles. The first-order valence-corrected chi connectivity index (χ1v) is 10.3. The summed E-state index contributed by atoms with van der Waals surface area (Å²) in [5.41, 5.74) is 1.87. The number of carbonyl (C=O) groups is 1. The molecule has 1 fully saturated rings. The van der Waals surface area contributed by atoms with E-state index < -0.39 is 0 Å². The third-order valence-electron chi connectivity index (χ3n) is 5.45. The standard InChI is InChI=1S/C23H30N2O4/c1-4-28-21-8-6-5-7-18(21)9-10-22(26)25-13-11-19(12-14-25)29-20-15-17(2)24(3)23(27)16-20/h5-8,15-16,19H,4,9-14H2,1-3H3. The number of amides is 1. The van der Waals surface area contributed by atoms with Gasteiger partial charge >= 0.3 is 0 Å². The van der Waals surface area contributed by atoms with Gasteiger partial charge < -0.3 is 18.9 Å². The zero-order valence-corrected chi connectivity index (χ0v) is 17.5. The van der Waals surface area contributed by atoms with Gasteiger partial charge in [0.2, 0.25) is 5.91 Å². The lowest BCUT2D eigenvalue weighted by atomic mass is 10.0. The smallest absolute Gasteiger partial charge is 0.254 e. The summed E-state index contributed by atoms with van der Waals surface area (Å²) in [6, 6.07) is 11.3. The first kappa shape index (κ1) is 21.0. The minimum atomic E-state index is -0.0695. The Bertz CT molecular complexity index is 898. The van der Waals surface area contributed by atoms with Gasteiger partial charge in [0.15, 0.2) is 0 Å². The second-order valence-corrected chi connectivity index (χ2v) is 7.47. The fraction of sp³-hybridized carbons (Fsp3) is 0.478. The zero-order valence-electron chi connectivity index (χ0n) is 17.5. The van der Waals surface area contributed by atoms with Crippen molar-refractivity contribution in [2.75, 3.05) is 19.7 Å². The van der Waals surface area contributed by atoms with Crippen molar-refractivity contribution in [2.45, 2.75) is 45.6 Å². The molecule has 6 nitrogen and oxygen atoms in total. The molecule has 0 saturated carbocycles. The van der Waals surface area contributed by atoms with Crippen LogP contribution in [0.3, 0.4) is 0 Å². The number of piperidine rings is 1. The van der Waals surface area contributed by atoms with Crippen LogP contribution in [0.15, 0.2) is 41.2 Å². The average molecular weight is 399 g/mol. The summed E-state index contributed by atoms with van der Waals surface area (Å²) in [7, 11) is 1.75. The van der Waals surface area contributed by atoms with Crippen molar-refractivity contribution in [1.29, 1.82) is 0 Å². The highest BCUT2D eigenvalue weighted by molar-refractivity contribution is 5.76. The van der Waals surface area contributed by atoms with E-state index in [2.05, 4.69) is 0 Å². The van der Waals surface area contributed by atoms with Crippen molar-refractivity contribution in [1.82, 2.24) is 9.47 Å². The van der Waals surface area contributed by atoms with E-state index in [4.69, 9.17) is 9.47 Å². The molecule has 0 spiro atoms. The number of ether oxygens (including phenoxy) is 2. The van der Waals surface area contributed by atoms with Crippen LogP contribution < -0.4 is 15.0 Å². The van der Waals surface area contributed by atoms with Crippen molar-refractivity contribution < 1.29 is 14.3 Å². The molecule has 2 aromatic rings. The summed E-state index contributed by atoms with van der Waals surface area (Å²) in [6.45, 7) is 5.83. The fourth-order valence-electron chi connectivity index (χ4n) is 3.63. The minimum absolute atomic E-state index is 0.0317. The fourth-order valence-corrected chi connectivity index (χ4v) is 3.63. The number of aryl methyl sites for hydroxylation is 2. The van der Waals surface area contributed by atoms with Crippen molar-refractivity contribution in [3.63, 3.8) is 0 Å². The average Bonchev–Trinajstić information content (AvgIpc) is 2.72. The molecule has 1 amide bonds. The Morgan fingerprint density at radius 3 is 2.59 bits per heavy atom. The molecule has 0 unspecified atom stereocenters. The van der Waals surface area contributed by atoms with Crippen LogP contribution in [0.4, 0.5) is 0 Å². The molecule has 1 aliphatic heterocycles. The van der Waals surface area contributed by atoms with Gasteiger partial charge in [0.05, 0.1) is 6.61 Å². The Morgan fingerprint density at radius 2 is 1.90 bits per heavy atom. The first-order valence-electron chi connectivity index (χ1n) is 10.3. The normalized spacial score (nSPS) is 14.7. The maximum absolute atomic E-state index is 12.6. The molecule has 2 heterocycles. The Kier molecular flexibility index (Phi) is 6.96. The number of para-hydroxylation sites is 1. The van der Waals surface area contributed by atoms with Crippen LogP contribution in [0.2, 0.25) is 0 Å². The van der Waals surface area contributed by atoms with Gasteiger partial charge in [-0.25, -0.2) is 0 Å². The Labute approximate surface area is 172 Å². The first-order chi connectivity index (χ1) is 14.0. The number of pyridine rings is 1. The largest absolute Gasteiger partial charge is 0.494 e. The molecular formula is C23H30N2O4. The van der Waals surface area contributed by atoms with Crippen LogP contribution in [0.5, 0.6) is 11.5 Å². The van der Waals surface area contributed by atoms with Crippen molar-refractivity contribution in [3.8, 4) is 11.5 Å². The van der Waals surface area contributed by atoms with E-state index in [-0.39, 0.29) is 17.6 Å². The van der Waals surface area contributed by atoms with Crippen LogP contribution in [0.1, 0.15) is 37.4 Å². The predicted octanol–water partition coefficient (Wildman–Crippen LogP) is 3.10. The van der Waals surface area contributed by atoms with Gasteiger partial charge in [-0.2, -0.15) is 0 Å². The molecule has 0 radical (unpaired) electrons. The Morgan fingerprint density at radius 1 is 1.17 bits per heavy atom. The Balaban J connectivity index is 1.49. The molecule has 0 atom stereocenters. The number of benzene rings is 1. The molecule has 1 aromatic heterocycles. The van der Waals surface area contributed by atoms with Gasteiger partial charge in [0.25, 0.3) is 5.56 Å². The van der Waals surface area contributed by atoms with Gasteiger partial charge in [0.1, 0.15) is 17.6 Å². The molecule has 1 aromatic carbocycles. The number of hydrogen-bond acceptors (Lipinski definition) is 4. The SMILES string of the molecule is CCOc1ccccc1CCC(=O)N1CCC(Oc2cc(C)n(C)c(=O)c2)CC1. The van der Waals surface area contributed by atoms with E-state index in [1.54, 1.807) is 11.6 Å². The van der Waals surface area contributed by atoms with Crippen LogP contribution in [0.25, 0.3) is 0 Å². The second kappa shape index (κ2) is 9.63. The predicted molar refractivity (Wildman–Crippen MR) is 113 cm³/mol. The molecule has 156 valence electrons. The monoisotopic (exact) mass is 398 g/mol. The summed E-state index contributed by atoms with van der Waals surface area (Å²) in [5, 5.41) is 0. The molecule has 0 bridgehead atoms. The number of hydrogen-bond donors (Lipinski definition) is 0. The summed E-state index contributed by atoms with van der Waals surface area (Å²) >= 11 is 0. The van der Waals surface area contributed by atoms with E-state index in [1.165, 1.54) is 6.07 Å². The van der Waals surface area contributed by atoms with E-state index in [9.17, 15) is 9.59 Å². The van der Waals surface area contributed by atoms with Crippen LogP contribution in [-0.2, 0) is 18.3 Å². The number of nitrogens with zero attached hydrogens (tertiary/aromatic N) is 2. The number of likely N-dealkylation sites (tertiary alicyclic amines) is 1. The maximum Gasteiger partial charge on any atom is 0.254 e. The van der Waals surface area contributed by atoms with E-state index in [1.807, 2.05) is 49.1 Å². The highest BCUT2D eigenvalue weighted by Crippen LogP contribution is 2.22. The molecule has 3 rings (SSSR count). The van der Waals surface area contributed by atoms with Gasteiger partial charge in [-0.3, -0.25) is 9.59 Å². The number of aromatic nitrogens is 1. The van der Waals surface area contributed by atoms with Gasteiger partial charge in [0, 0.05) is 51.2 Å². The van der Waals surface area contributed by atoms with E-state index in [0.717, 1.165) is 29.8 Å². The van der Waals surface area contributed by atoms with Gasteiger partial charge in [-0.1, -0.05) is 18.2 Å². The van der Waals surface area contributed by atoms with E-state index >= 15 is 0 Å². The summed E-state index contributed by atoms with van der Waals surface area (Å²) in [6.07, 6.45) is 2.73. The molecule has 1 aliphatic rings. The summed E-state index contributed by atoms with van der Waals surface area (Å²) in [5.74, 6) is 1.64. The van der Waals surface area contributed by atoms with Crippen molar-refractivity contribution in [3.05, 3.63) is 58.0 Å². The summed E-state index contributed by atoms with van der Waals surface area (Å²) < 4.78 is 13.2. The number of carbonyl (C=O) groups excluding carboxylic acids is 1. The third-order valence-corrected chi connectivity index (χ3v) is 5.45. The van der Waals surface area contributed by atoms with Crippen LogP contribution >= 0.6 is 0 Å². The van der Waals surface area contributed by atoms with Gasteiger partial charge in [-0.15, -0.1) is 0 Å². The van der Waals surface area contributed by atoms with Crippen molar-refractivity contribution >= 4 is 5.91 Å². The Hall–Kier alpha value is -2.76. The van der Waals surface area contributed by atoms with Gasteiger partial charge in [-0.05, 0) is 38.0 Å². The third kappa shape index (κ3) is 5.40. The van der Waals surface area contributed by atoms with Crippen molar-refractivity contribution in [2.24, 2.45) is 7.05 Å².